The zero-order valence-electron chi connectivity index (χ0n) is 5.76. The summed E-state index contributed by atoms with van der Waals surface area (Å²) in [4.78, 5) is 8.25. The van der Waals surface area contributed by atoms with E-state index >= 15 is 0 Å². The molecule has 0 aliphatic rings. The predicted octanol–water partition coefficient (Wildman–Crippen LogP) is -8.56. The molecule has 0 aliphatic carbocycles. The molecule has 12 heteroatoms. The SMILES string of the molecule is O.O.O.O.O.O.O=[N+]([O-])[O-].[Cl-].[Mg+2]. The van der Waals surface area contributed by atoms with Gasteiger partial charge in [0.2, 0.25) is 0 Å². The van der Waals surface area contributed by atoms with Gasteiger partial charge in [0, 0.05) is 0 Å². The van der Waals surface area contributed by atoms with E-state index in [2.05, 4.69) is 0 Å². The molecule has 0 spiro atoms. The molecule has 0 fully saturated rings. The predicted molar refractivity (Wildman–Crippen MR) is 37.8 cm³/mol. The van der Waals surface area contributed by atoms with Crippen LogP contribution in [0.3, 0.4) is 0 Å². The Morgan fingerprint density at radius 1 is 0.750 bits per heavy atom. The van der Waals surface area contributed by atoms with Crippen LogP contribution in [-0.2, 0) is 0 Å². The zero-order valence-corrected chi connectivity index (χ0v) is 7.93. The summed E-state index contributed by atoms with van der Waals surface area (Å²) in [5.74, 6) is 0. The van der Waals surface area contributed by atoms with Crippen molar-refractivity contribution in [1.29, 1.82) is 0 Å². The van der Waals surface area contributed by atoms with Crippen LogP contribution in [0, 0.1) is 15.3 Å². The average molecular weight is 230 g/mol. The second-order valence-electron chi connectivity index (χ2n) is 0.224. The first-order valence-corrected chi connectivity index (χ1v) is 0.548. The van der Waals surface area contributed by atoms with Crippen LogP contribution in [0.2, 0.25) is 0 Å². The van der Waals surface area contributed by atoms with Crippen molar-refractivity contribution < 1.29 is 50.4 Å². The van der Waals surface area contributed by atoms with Gasteiger partial charge < -0.3 is 60.6 Å². The van der Waals surface area contributed by atoms with Crippen molar-refractivity contribution in [3.63, 3.8) is 0 Å². The number of hydrogen-bond donors (Lipinski definition) is 0. The molecule has 12 N–H and O–H groups in total. The van der Waals surface area contributed by atoms with Crippen LogP contribution in [0.1, 0.15) is 0 Å². The molecule has 0 atom stereocenters. The molecule has 0 aliphatic heterocycles. The summed E-state index contributed by atoms with van der Waals surface area (Å²) < 4.78 is 0. The largest absolute Gasteiger partial charge is 2.00 e. The van der Waals surface area contributed by atoms with Gasteiger partial charge in [-0.2, -0.15) is 0 Å². The molecule has 0 unspecified atom stereocenters. The molecular weight excluding hydrogens is 218 g/mol. The van der Waals surface area contributed by atoms with Crippen LogP contribution in [0.25, 0.3) is 0 Å². The zero-order chi connectivity index (χ0) is 3.58. The molecule has 0 radical (unpaired) electrons. The first-order chi connectivity index (χ1) is 1.73. The summed E-state index contributed by atoms with van der Waals surface area (Å²) in [6, 6.07) is 0. The Balaban J connectivity index is -0.00000000161. The van der Waals surface area contributed by atoms with Crippen molar-refractivity contribution in [3.05, 3.63) is 15.3 Å². The standard InChI is InChI=1S/ClH.Mg.NO3.6H2O/c;;2-1(3)4;;;;;;/h1H;;;6*1H2/q;+2;-1;;;;;;/p-1. The molecule has 0 aromatic rings. The van der Waals surface area contributed by atoms with Gasteiger partial charge in [-0.25, -0.2) is 0 Å². The van der Waals surface area contributed by atoms with Crippen molar-refractivity contribution in [2.45, 2.75) is 0 Å². The third-order valence-corrected chi connectivity index (χ3v) is 0. The molecule has 0 amide bonds. The molecule has 10 nitrogen and oxygen atoms in total. The van der Waals surface area contributed by atoms with Crippen molar-refractivity contribution in [2.75, 3.05) is 0 Å². The van der Waals surface area contributed by atoms with Crippen LogP contribution < -0.4 is 12.4 Å². The van der Waals surface area contributed by atoms with Gasteiger partial charge in [0.1, 0.15) is 0 Å². The van der Waals surface area contributed by atoms with Gasteiger partial charge in [0.05, 0.1) is 5.09 Å². The maximum absolute atomic E-state index is 8.25. The Hall–Kier alpha value is 0.0162. The van der Waals surface area contributed by atoms with Crippen molar-refractivity contribution in [2.24, 2.45) is 0 Å². The Morgan fingerprint density at radius 2 is 0.750 bits per heavy atom. The maximum atomic E-state index is 8.25. The van der Waals surface area contributed by atoms with Crippen LogP contribution in [0.4, 0.5) is 0 Å². The van der Waals surface area contributed by atoms with E-state index in [0.717, 1.165) is 0 Å². The van der Waals surface area contributed by atoms with E-state index < -0.39 is 5.09 Å². The first-order valence-electron chi connectivity index (χ1n) is 0.548. The van der Waals surface area contributed by atoms with Crippen LogP contribution in [-0.4, -0.2) is 61.0 Å². The molecule has 0 bridgehead atoms. The van der Waals surface area contributed by atoms with Gasteiger partial charge in [0.15, 0.2) is 0 Å². The third-order valence-electron chi connectivity index (χ3n) is 0. The van der Waals surface area contributed by atoms with E-state index in [9.17, 15) is 0 Å². The summed E-state index contributed by atoms with van der Waals surface area (Å²) in [5, 5.41) is 14.8. The summed E-state index contributed by atoms with van der Waals surface area (Å²) in [6.07, 6.45) is 0. The number of nitrogens with zero attached hydrogens (tertiary/aromatic N) is 1. The van der Waals surface area contributed by atoms with Gasteiger partial charge in [-0.15, -0.1) is 0 Å². The van der Waals surface area contributed by atoms with E-state index in [0.29, 0.717) is 0 Å². The smallest absolute Gasteiger partial charge is 1.00 e. The van der Waals surface area contributed by atoms with Gasteiger partial charge >= 0.3 is 23.1 Å². The van der Waals surface area contributed by atoms with Crippen molar-refractivity contribution in [3.8, 4) is 0 Å². The fourth-order valence-electron chi connectivity index (χ4n) is 0. The molecule has 0 heterocycles. The van der Waals surface area contributed by atoms with Crippen LogP contribution in [0.15, 0.2) is 0 Å². The number of hydrogen-bond acceptors (Lipinski definition) is 3. The molecule has 0 saturated carbocycles. The van der Waals surface area contributed by atoms with Crippen molar-refractivity contribution in [1.82, 2.24) is 0 Å². The van der Waals surface area contributed by atoms with Crippen molar-refractivity contribution >= 4 is 23.1 Å². The van der Waals surface area contributed by atoms with E-state index in [-0.39, 0.29) is 68.3 Å². The minimum Gasteiger partial charge on any atom is -1.00 e. The summed E-state index contributed by atoms with van der Waals surface area (Å²) >= 11 is 0. The summed E-state index contributed by atoms with van der Waals surface area (Å²) in [7, 11) is 0. The maximum Gasteiger partial charge on any atom is 2.00 e. The fraction of sp³-hybridized carbons (Fsp3) is 0. The van der Waals surface area contributed by atoms with Gasteiger partial charge in [-0.1, -0.05) is 0 Å². The quantitative estimate of drug-likeness (QED) is 0.223. The Bertz CT molecular complexity index is 37.5. The second kappa shape index (κ2) is 121. The number of rotatable bonds is 0. The average Bonchev–Trinajstić information content (AvgIpc) is 0.811. The van der Waals surface area contributed by atoms with E-state index in [1.807, 2.05) is 0 Å². The fourth-order valence-corrected chi connectivity index (χ4v) is 0. The Morgan fingerprint density at radius 3 is 0.750 bits per heavy atom. The van der Waals surface area contributed by atoms with Gasteiger partial charge in [-0.05, 0) is 0 Å². The molecule has 12 heavy (non-hydrogen) atoms. The summed E-state index contributed by atoms with van der Waals surface area (Å²) in [6.45, 7) is 0. The molecule has 0 rings (SSSR count). The van der Waals surface area contributed by atoms with Crippen LogP contribution >= 0.6 is 0 Å². The first kappa shape index (κ1) is 160. The third kappa shape index (κ3) is 3090000. The van der Waals surface area contributed by atoms with Gasteiger partial charge in [-0.3, -0.25) is 0 Å². The summed E-state index contributed by atoms with van der Waals surface area (Å²) in [5.41, 5.74) is 0. The molecule has 80 valence electrons. The van der Waals surface area contributed by atoms with E-state index in [1.165, 1.54) is 0 Å². The normalized spacial score (nSPS) is 2.00. The topological polar surface area (TPSA) is 255 Å². The molecule has 0 aromatic heterocycles. The Kier molecular flexibility index (Phi) is 1620. The van der Waals surface area contributed by atoms with Gasteiger partial charge in [0.25, 0.3) is 0 Å². The van der Waals surface area contributed by atoms with E-state index in [4.69, 9.17) is 15.3 Å². The van der Waals surface area contributed by atoms with E-state index in [1.54, 1.807) is 0 Å². The van der Waals surface area contributed by atoms with Crippen LogP contribution in [0.5, 0.6) is 0 Å². The molecular formula is H12ClMgNO9. The molecule has 0 aromatic carbocycles. The minimum absolute atomic E-state index is 0. The number of halogens is 1. The Labute approximate surface area is 89.1 Å². The monoisotopic (exact) mass is 229 g/mol. The minimum atomic E-state index is -1.75. The molecule has 0 saturated heterocycles. The second-order valence-corrected chi connectivity index (χ2v) is 0.224.